The van der Waals surface area contributed by atoms with Gasteiger partial charge in [-0.05, 0) is 269 Å². The number of benzene rings is 14. The first-order chi connectivity index (χ1) is 55.2. The maximum absolute atomic E-state index is 3.84. The van der Waals surface area contributed by atoms with E-state index in [0.29, 0.717) is 0 Å². The number of thioether (sulfide) groups is 2. The summed E-state index contributed by atoms with van der Waals surface area (Å²) in [5, 5.41) is 21.9. The molecule has 4 heteroatoms. The van der Waals surface area contributed by atoms with Gasteiger partial charge in [0.25, 0.3) is 0 Å². The number of hydrogen-bond acceptors (Lipinski definition) is 2. The first-order valence-electron chi connectivity index (χ1n) is 42.0. The van der Waals surface area contributed by atoms with Crippen LogP contribution in [0.5, 0.6) is 0 Å². The van der Waals surface area contributed by atoms with Crippen molar-refractivity contribution in [3.05, 3.63) is 271 Å². The monoisotopic (exact) mass is 1550 g/mol. The van der Waals surface area contributed by atoms with E-state index in [4.69, 9.17) is 0 Å². The van der Waals surface area contributed by atoms with Gasteiger partial charge in [0.05, 0.1) is 0 Å². The molecule has 14 aromatic rings. The fraction of sp³-hybridized carbons (Fsp3) is 0.291. The van der Waals surface area contributed by atoms with Crippen LogP contribution in [0.2, 0.25) is 39.3 Å². The molecule has 0 aliphatic rings. The van der Waals surface area contributed by atoms with Gasteiger partial charge in [-0.25, -0.2) is 0 Å². The van der Waals surface area contributed by atoms with Gasteiger partial charge in [0.2, 0.25) is 0 Å². The van der Waals surface area contributed by atoms with Gasteiger partial charge < -0.3 is 0 Å². The number of aryl methyl sites for hydroxylation is 6. The Balaban J connectivity index is 0.868. The fourth-order valence-electron chi connectivity index (χ4n) is 16.7. The number of unbranched alkanes of at least 4 members (excludes halogenated alkanes) is 14. The molecule has 0 unspecified atom stereocenters. The van der Waals surface area contributed by atoms with Crippen LogP contribution >= 0.6 is 23.5 Å². The SMILES string of the molecule is CCCCCCCCCCSc1cc(C#Cc2cc3cc(C#Cc4cc(C#Cc5cc6cc(C#C[Si](C)(C)C)c7cccc(C)c7c6c6c(C)cccc56)cc(SCCCCCCCCCC)c4)c4cccc(C)c4c3c3c(C)cccc23)cc(C#Cc2cc3cc(C#C[Si](C)(C)C)c4cccc(C)c4c3c3c(C)cccc23)c1. The topological polar surface area (TPSA) is 0 Å². The molecule has 0 aliphatic carbocycles. The van der Waals surface area contributed by atoms with Gasteiger partial charge in [-0.15, -0.1) is 34.6 Å². The molecule has 0 saturated carbocycles. The summed E-state index contributed by atoms with van der Waals surface area (Å²) in [5.41, 5.74) is 24.9. The van der Waals surface area contributed by atoms with E-state index in [2.05, 4.69) is 347 Å². The summed E-state index contributed by atoms with van der Waals surface area (Å²) >= 11 is 3.88. The summed E-state index contributed by atoms with van der Waals surface area (Å²) in [6.07, 6.45) is 20.7. The first kappa shape index (κ1) is 80.5. The van der Waals surface area contributed by atoms with Gasteiger partial charge in [0.15, 0.2) is 0 Å². The second-order valence-electron chi connectivity index (χ2n) is 34.0. The maximum Gasteiger partial charge on any atom is 0.129 e. The fourth-order valence-corrected chi connectivity index (χ4v) is 19.8. The van der Waals surface area contributed by atoms with E-state index in [1.54, 1.807) is 0 Å². The minimum atomic E-state index is -1.67. The Labute approximate surface area is 691 Å². The van der Waals surface area contributed by atoms with Crippen molar-refractivity contribution in [3.8, 4) is 70.3 Å². The number of hydrogen-bond donors (Lipinski definition) is 0. The van der Waals surface area contributed by atoms with Crippen LogP contribution in [0.25, 0.3) is 97.0 Å². The van der Waals surface area contributed by atoms with E-state index in [1.165, 1.54) is 227 Å². The Morgan fingerprint density at radius 2 is 0.456 bits per heavy atom. The lowest BCUT2D eigenvalue weighted by atomic mass is 9.88. The molecule has 0 nitrogen and oxygen atoms in total. The van der Waals surface area contributed by atoms with Crippen LogP contribution < -0.4 is 0 Å². The lowest BCUT2D eigenvalue weighted by Crippen LogP contribution is -2.16. The first-order valence-corrected chi connectivity index (χ1v) is 51.0. The van der Waals surface area contributed by atoms with Crippen molar-refractivity contribution < 1.29 is 0 Å². The Bertz CT molecular complexity index is 6140. The summed E-state index contributed by atoms with van der Waals surface area (Å²) in [7, 11) is -3.35. The van der Waals surface area contributed by atoms with Gasteiger partial charge in [-0.3, -0.25) is 0 Å². The molecule has 0 heterocycles. The van der Waals surface area contributed by atoms with E-state index in [1.807, 2.05) is 23.5 Å². The van der Waals surface area contributed by atoms with Gasteiger partial charge in [-0.1, -0.05) is 311 Å². The summed E-state index contributed by atoms with van der Waals surface area (Å²) < 4.78 is 0. The van der Waals surface area contributed by atoms with Crippen molar-refractivity contribution >= 4 is 137 Å². The van der Waals surface area contributed by atoms with Crippen molar-refractivity contribution in [2.45, 2.75) is 207 Å². The molecule has 0 saturated heterocycles. The van der Waals surface area contributed by atoms with Crippen LogP contribution in [0.1, 0.15) is 206 Å². The van der Waals surface area contributed by atoms with Crippen molar-refractivity contribution in [2.75, 3.05) is 11.5 Å². The van der Waals surface area contributed by atoms with Gasteiger partial charge in [0, 0.05) is 65.4 Å². The zero-order chi connectivity index (χ0) is 79.6. The van der Waals surface area contributed by atoms with Crippen LogP contribution in [-0.2, 0) is 0 Å². The second-order valence-corrected chi connectivity index (χ2v) is 45.8. The summed E-state index contributed by atoms with van der Waals surface area (Å²) in [5.74, 6) is 39.9. The predicted octanol–water partition coefficient (Wildman–Crippen LogP) is 30.4. The van der Waals surface area contributed by atoms with E-state index in [9.17, 15) is 0 Å². The smallest absolute Gasteiger partial charge is 0.127 e. The zero-order valence-electron chi connectivity index (χ0n) is 69.9. The van der Waals surface area contributed by atoms with Crippen LogP contribution in [0.4, 0.5) is 0 Å². The Kier molecular flexibility index (Phi) is 25.5. The highest BCUT2D eigenvalue weighted by molar-refractivity contribution is 7.99. The molecule has 114 heavy (non-hydrogen) atoms. The molecule has 0 fully saturated rings. The van der Waals surface area contributed by atoms with Gasteiger partial charge in [0.1, 0.15) is 16.1 Å². The average Bonchev–Trinajstić information content (AvgIpc) is 0.742. The lowest BCUT2D eigenvalue weighted by molar-refractivity contribution is 0.586. The standard InChI is InChI=1S/C110H108S2Si2/c1-15-17-19-21-23-25-27-29-59-111-94-65-81(63-83(67-94)51-55-87-71-92-73-89(57-61-113(9,10)11)100-47-35-41-79(7)106(100)109(92)104-77(5)39-33-45-98(87)104)49-53-85-69-91-70-86(97-44-32-38-76(4)103(97)108(91)102-75(3)37-31-43-96(85)102)54-50-82-64-84(68-95(66-82)112-60-30-28-26-24-22-20-18-16-2)52-56-88-72-93-74-90(58-62-114(12,13)14)101-48-36-42-80(8)107(101)110(93)105-78(6)40-34-46-99(88)105/h31-48,63-74H,15-30,59-60H2,1-14H3. The van der Waals surface area contributed by atoms with Crippen molar-refractivity contribution in [2.24, 2.45) is 0 Å². The summed E-state index contributed by atoms with van der Waals surface area (Å²) in [6, 6.07) is 67.8. The number of rotatable bonds is 20. The third-order valence-electron chi connectivity index (χ3n) is 22.4. The lowest BCUT2D eigenvalue weighted by Gasteiger charge is -2.15. The van der Waals surface area contributed by atoms with Crippen molar-refractivity contribution in [3.63, 3.8) is 0 Å². The quantitative estimate of drug-likeness (QED) is 0.0245. The van der Waals surface area contributed by atoms with Crippen LogP contribution in [0.3, 0.4) is 0 Å². The van der Waals surface area contributed by atoms with Crippen molar-refractivity contribution in [1.82, 2.24) is 0 Å². The molecule has 0 N–H and O–H groups in total. The maximum atomic E-state index is 3.84. The van der Waals surface area contributed by atoms with Crippen LogP contribution in [-0.4, -0.2) is 27.7 Å². The van der Waals surface area contributed by atoms with E-state index in [0.717, 1.165) is 83.3 Å². The third-order valence-corrected chi connectivity index (χ3v) is 26.3. The van der Waals surface area contributed by atoms with E-state index < -0.39 is 16.1 Å². The van der Waals surface area contributed by atoms with Gasteiger partial charge >= 0.3 is 0 Å². The molecule has 0 spiro atoms. The molecule has 0 aromatic heterocycles. The largest absolute Gasteiger partial charge is 0.129 e. The van der Waals surface area contributed by atoms with Crippen LogP contribution in [0.15, 0.2) is 192 Å². The molecule has 14 aromatic carbocycles. The van der Waals surface area contributed by atoms with Crippen molar-refractivity contribution in [1.29, 1.82) is 0 Å². The third kappa shape index (κ3) is 18.6. The van der Waals surface area contributed by atoms with E-state index >= 15 is 0 Å². The molecule has 14 rings (SSSR count). The molecular formula is C110H108S2Si2. The molecule has 0 atom stereocenters. The summed E-state index contributed by atoms with van der Waals surface area (Å²) in [6.45, 7) is 32.0. The minimum Gasteiger partial charge on any atom is -0.127 e. The molecule has 0 radical (unpaired) electrons. The average molecular weight is 1550 g/mol. The number of fused-ring (bicyclic) bond motifs is 15. The minimum absolute atomic E-state index is 0.956. The van der Waals surface area contributed by atoms with E-state index in [-0.39, 0.29) is 0 Å². The molecule has 568 valence electrons. The Morgan fingerprint density at radius 1 is 0.237 bits per heavy atom. The second kappa shape index (κ2) is 36.2. The highest BCUT2D eigenvalue weighted by Crippen LogP contribution is 2.43. The van der Waals surface area contributed by atoms with Gasteiger partial charge in [-0.2, -0.15) is 0 Å². The predicted molar refractivity (Wildman–Crippen MR) is 509 cm³/mol. The zero-order valence-corrected chi connectivity index (χ0v) is 73.5. The Morgan fingerprint density at radius 3 is 0.684 bits per heavy atom. The highest BCUT2D eigenvalue weighted by Gasteiger charge is 2.21. The Hall–Kier alpha value is -10.1. The molecule has 0 bridgehead atoms. The molecular weight excluding hydrogens is 1440 g/mol. The molecule has 0 amide bonds. The summed E-state index contributed by atoms with van der Waals surface area (Å²) in [4.78, 5) is 2.40. The van der Waals surface area contributed by atoms with Crippen LogP contribution in [0, 0.1) is 112 Å². The molecule has 0 aliphatic heterocycles. The highest BCUT2D eigenvalue weighted by atomic mass is 32.2. The normalized spacial score (nSPS) is 11.5.